The number of benzene rings is 2. The van der Waals surface area contributed by atoms with Crippen molar-refractivity contribution in [3.8, 4) is 0 Å². The van der Waals surface area contributed by atoms with E-state index >= 15 is 0 Å². The fourth-order valence-electron chi connectivity index (χ4n) is 3.00. The van der Waals surface area contributed by atoms with Crippen molar-refractivity contribution in [3.05, 3.63) is 88.7 Å². The number of aryl methyl sites for hydroxylation is 3. The third-order valence-electron chi connectivity index (χ3n) is 4.95. The lowest BCUT2D eigenvalue weighted by atomic mass is 10.1. The molecule has 0 saturated carbocycles. The van der Waals surface area contributed by atoms with Crippen molar-refractivity contribution in [2.24, 2.45) is 4.99 Å². The minimum Gasteiger partial charge on any atom is -0.326 e. The van der Waals surface area contributed by atoms with Crippen LogP contribution in [0, 0.1) is 20.8 Å². The highest BCUT2D eigenvalue weighted by Gasteiger charge is 2.12. The molecule has 0 radical (unpaired) electrons. The standard InChI is InChI=1S/C25H27N5O2/c1-16-8-10-22(12-18(16)3)29-25(27-15-20-6-5-11-26-14-20)30-24(32)21-9-7-17(2)23(13-21)28-19(4)31/h5-14H,15H2,1-4H3,(H,28,31)(H2,27,29,30,32). The van der Waals surface area contributed by atoms with Crippen LogP contribution in [0.2, 0.25) is 0 Å². The molecule has 0 unspecified atom stereocenters. The topological polar surface area (TPSA) is 95.5 Å². The van der Waals surface area contributed by atoms with Gasteiger partial charge in [-0.15, -0.1) is 0 Å². The number of aliphatic imine (C=N–C) groups is 1. The van der Waals surface area contributed by atoms with Gasteiger partial charge in [0, 0.05) is 36.3 Å². The number of guanidine groups is 1. The summed E-state index contributed by atoms with van der Waals surface area (Å²) in [6.45, 7) is 7.73. The highest BCUT2D eigenvalue weighted by Crippen LogP contribution is 2.17. The van der Waals surface area contributed by atoms with E-state index in [4.69, 9.17) is 0 Å². The summed E-state index contributed by atoms with van der Waals surface area (Å²) in [4.78, 5) is 33.1. The van der Waals surface area contributed by atoms with E-state index in [9.17, 15) is 9.59 Å². The molecule has 0 saturated heterocycles. The second kappa shape index (κ2) is 10.3. The van der Waals surface area contributed by atoms with Crippen LogP contribution >= 0.6 is 0 Å². The lowest BCUT2D eigenvalue weighted by Crippen LogP contribution is -2.36. The van der Waals surface area contributed by atoms with Crippen LogP contribution in [0.5, 0.6) is 0 Å². The van der Waals surface area contributed by atoms with E-state index in [1.807, 2.05) is 51.1 Å². The molecule has 3 aromatic rings. The molecule has 0 aliphatic heterocycles. The number of hydrogen-bond acceptors (Lipinski definition) is 4. The third-order valence-corrected chi connectivity index (χ3v) is 4.95. The lowest BCUT2D eigenvalue weighted by Gasteiger charge is -2.14. The molecule has 3 rings (SSSR count). The van der Waals surface area contributed by atoms with Gasteiger partial charge in [-0.05, 0) is 73.4 Å². The molecule has 2 amide bonds. The zero-order chi connectivity index (χ0) is 23.1. The van der Waals surface area contributed by atoms with Gasteiger partial charge in [0.25, 0.3) is 5.91 Å². The third kappa shape index (κ3) is 6.25. The first kappa shape index (κ1) is 22.7. The molecule has 0 aliphatic carbocycles. The predicted octanol–water partition coefficient (Wildman–Crippen LogP) is 4.36. The van der Waals surface area contributed by atoms with Crippen LogP contribution in [0.4, 0.5) is 11.4 Å². The summed E-state index contributed by atoms with van der Waals surface area (Å²) >= 11 is 0. The summed E-state index contributed by atoms with van der Waals surface area (Å²) in [5.41, 5.74) is 5.93. The van der Waals surface area contributed by atoms with Crippen LogP contribution in [-0.2, 0) is 11.3 Å². The minimum absolute atomic E-state index is 0.194. The quantitative estimate of drug-likeness (QED) is 0.415. The van der Waals surface area contributed by atoms with Crippen molar-refractivity contribution in [2.75, 3.05) is 10.6 Å². The monoisotopic (exact) mass is 429 g/mol. The summed E-state index contributed by atoms with van der Waals surface area (Å²) in [7, 11) is 0. The second-order valence-electron chi connectivity index (χ2n) is 7.62. The number of rotatable bonds is 5. The van der Waals surface area contributed by atoms with Crippen molar-refractivity contribution < 1.29 is 9.59 Å². The van der Waals surface area contributed by atoms with Gasteiger partial charge < -0.3 is 10.6 Å². The van der Waals surface area contributed by atoms with Crippen LogP contribution < -0.4 is 16.0 Å². The minimum atomic E-state index is -0.335. The van der Waals surface area contributed by atoms with Gasteiger partial charge >= 0.3 is 0 Å². The maximum absolute atomic E-state index is 13.0. The molecule has 0 aliphatic rings. The predicted molar refractivity (Wildman–Crippen MR) is 128 cm³/mol. The van der Waals surface area contributed by atoms with E-state index in [1.54, 1.807) is 30.6 Å². The van der Waals surface area contributed by atoms with E-state index in [0.29, 0.717) is 23.8 Å². The van der Waals surface area contributed by atoms with Crippen molar-refractivity contribution in [1.82, 2.24) is 10.3 Å². The Balaban J connectivity index is 1.84. The van der Waals surface area contributed by atoms with Gasteiger partial charge in [-0.2, -0.15) is 0 Å². The Morgan fingerprint density at radius 2 is 1.72 bits per heavy atom. The smallest absolute Gasteiger partial charge is 0.258 e. The normalized spacial score (nSPS) is 11.1. The average Bonchev–Trinajstić information content (AvgIpc) is 2.76. The first-order valence-corrected chi connectivity index (χ1v) is 10.3. The zero-order valence-electron chi connectivity index (χ0n) is 18.7. The number of anilines is 2. The molecule has 0 bridgehead atoms. The number of pyridine rings is 1. The van der Waals surface area contributed by atoms with E-state index in [-0.39, 0.29) is 11.8 Å². The molecule has 3 N–H and O–H groups in total. The van der Waals surface area contributed by atoms with Crippen molar-refractivity contribution in [3.63, 3.8) is 0 Å². The van der Waals surface area contributed by atoms with Crippen LogP contribution in [0.3, 0.4) is 0 Å². The van der Waals surface area contributed by atoms with E-state index < -0.39 is 0 Å². The lowest BCUT2D eigenvalue weighted by molar-refractivity contribution is -0.114. The van der Waals surface area contributed by atoms with E-state index in [2.05, 4.69) is 25.9 Å². The molecular formula is C25H27N5O2. The van der Waals surface area contributed by atoms with Crippen LogP contribution in [-0.4, -0.2) is 22.8 Å². The largest absolute Gasteiger partial charge is 0.326 e. The van der Waals surface area contributed by atoms with Gasteiger partial charge in [0.05, 0.1) is 6.54 Å². The first-order chi connectivity index (χ1) is 15.3. The van der Waals surface area contributed by atoms with Gasteiger partial charge in [-0.3, -0.25) is 19.9 Å². The summed E-state index contributed by atoms with van der Waals surface area (Å²) in [5.74, 6) is -0.206. The molecule has 7 nitrogen and oxygen atoms in total. The number of nitrogens with zero attached hydrogens (tertiary/aromatic N) is 2. The Morgan fingerprint density at radius 1 is 0.938 bits per heavy atom. The van der Waals surface area contributed by atoms with Crippen LogP contribution in [0.1, 0.15) is 39.5 Å². The summed E-state index contributed by atoms with van der Waals surface area (Å²) in [5, 5.41) is 8.80. The molecule has 0 atom stereocenters. The fraction of sp³-hybridized carbons (Fsp3) is 0.200. The van der Waals surface area contributed by atoms with Crippen LogP contribution in [0.25, 0.3) is 0 Å². The Labute approximate surface area is 188 Å². The maximum atomic E-state index is 13.0. The molecule has 164 valence electrons. The molecule has 1 aromatic heterocycles. The average molecular weight is 430 g/mol. The Kier molecular flexibility index (Phi) is 7.33. The van der Waals surface area contributed by atoms with E-state index in [1.165, 1.54) is 12.5 Å². The molecule has 1 heterocycles. The number of aromatic nitrogens is 1. The van der Waals surface area contributed by atoms with Crippen LogP contribution in [0.15, 0.2) is 65.9 Å². The number of carbonyl (C=O) groups excluding carboxylic acids is 2. The molecular weight excluding hydrogens is 402 g/mol. The summed E-state index contributed by atoms with van der Waals surface area (Å²) in [6, 6.07) is 14.9. The van der Waals surface area contributed by atoms with Gasteiger partial charge in [0.2, 0.25) is 11.9 Å². The highest BCUT2D eigenvalue weighted by molar-refractivity contribution is 6.10. The van der Waals surface area contributed by atoms with Gasteiger partial charge in [0.1, 0.15) is 0 Å². The van der Waals surface area contributed by atoms with Gasteiger partial charge in [0.15, 0.2) is 0 Å². The number of carbonyl (C=O) groups is 2. The molecule has 7 heteroatoms. The summed E-state index contributed by atoms with van der Waals surface area (Å²) < 4.78 is 0. The van der Waals surface area contributed by atoms with Crippen molar-refractivity contribution >= 4 is 29.1 Å². The number of amides is 2. The second-order valence-corrected chi connectivity index (χ2v) is 7.62. The molecule has 32 heavy (non-hydrogen) atoms. The maximum Gasteiger partial charge on any atom is 0.258 e. The number of hydrogen-bond donors (Lipinski definition) is 3. The number of nitrogens with one attached hydrogen (secondary N) is 3. The molecule has 0 spiro atoms. The summed E-state index contributed by atoms with van der Waals surface area (Å²) in [6.07, 6.45) is 3.44. The van der Waals surface area contributed by atoms with Gasteiger partial charge in [-0.1, -0.05) is 18.2 Å². The first-order valence-electron chi connectivity index (χ1n) is 10.3. The Bertz CT molecular complexity index is 1160. The van der Waals surface area contributed by atoms with Gasteiger partial charge in [-0.25, -0.2) is 4.99 Å². The molecule has 0 fully saturated rings. The Hall–Kier alpha value is -4.00. The zero-order valence-corrected chi connectivity index (χ0v) is 18.7. The Morgan fingerprint density at radius 3 is 2.41 bits per heavy atom. The van der Waals surface area contributed by atoms with Crippen molar-refractivity contribution in [1.29, 1.82) is 0 Å². The fourth-order valence-corrected chi connectivity index (χ4v) is 3.00. The van der Waals surface area contributed by atoms with E-state index in [0.717, 1.165) is 22.4 Å². The highest BCUT2D eigenvalue weighted by atomic mass is 16.2. The molecule has 2 aromatic carbocycles. The SMILES string of the molecule is CC(=O)Nc1cc(C(=O)NC(=NCc2cccnc2)Nc2ccc(C)c(C)c2)ccc1C. The van der Waals surface area contributed by atoms with Crippen molar-refractivity contribution in [2.45, 2.75) is 34.2 Å².